The molecule has 0 saturated heterocycles. The van der Waals surface area contributed by atoms with Gasteiger partial charge >= 0.3 is 0 Å². The monoisotopic (exact) mass is 348 g/mol. The lowest BCUT2D eigenvalue weighted by Gasteiger charge is -2.06. The maximum absolute atomic E-state index is 12.4. The first-order valence-corrected chi connectivity index (χ1v) is 8.79. The topological polar surface area (TPSA) is 60.7 Å². The first kappa shape index (κ1) is 15.7. The van der Waals surface area contributed by atoms with Gasteiger partial charge in [0.05, 0.1) is 24.6 Å². The number of hydrogen-bond acceptors (Lipinski definition) is 5. The average molecular weight is 348 g/mol. The molecule has 0 N–H and O–H groups in total. The Kier molecular flexibility index (Phi) is 3.89. The van der Waals surface area contributed by atoms with Gasteiger partial charge in [0.25, 0.3) is 0 Å². The molecule has 0 aliphatic heterocycles. The number of imidazole rings is 1. The smallest absolute Gasteiger partial charge is 0.197 e. The summed E-state index contributed by atoms with van der Waals surface area (Å²) in [6, 6.07) is 8.19. The van der Waals surface area contributed by atoms with E-state index in [1.807, 2.05) is 48.4 Å². The summed E-state index contributed by atoms with van der Waals surface area (Å²) in [5, 5.41) is 4.54. The van der Waals surface area contributed by atoms with Crippen molar-refractivity contribution in [2.45, 2.75) is 13.3 Å². The van der Waals surface area contributed by atoms with Crippen LogP contribution in [-0.4, -0.2) is 25.3 Å². The molecule has 0 bridgehead atoms. The first-order valence-electron chi connectivity index (χ1n) is 7.91. The second-order valence-electron chi connectivity index (χ2n) is 6.02. The Labute approximate surface area is 149 Å². The van der Waals surface area contributed by atoms with Crippen molar-refractivity contribution in [2.75, 3.05) is 0 Å². The zero-order valence-electron chi connectivity index (χ0n) is 13.9. The maximum atomic E-state index is 12.4. The van der Waals surface area contributed by atoms with E-state index in [1.165, 1.54) is 11.3 Å². The standard InChI is InChI=1S/C19H16N4OS/c1-12-10-25-19(22-12)18(24)7-16-6-15-5-13(3-4-14(15)8-21-16)17-9-20-11-23(17)2/h3-6,8-11H,7H2,1-2H3. The molecule has 0 aliphatic carbocycles. The SMILES string of the molecule is Cc1csc(C(=O)Cc2cc3cc(-c4cncn4C)ccc3cn2)n1. The summed E-state index contributed by atoms with van der Waals surface area (Å²) in [5.74, 6) is 0.00717. The fourth-order valence-electron chi connectivity index (χ4n) is 2.80. The Balaban J connectivity index is 1.67. The summed E-state index contributed by atoms with van der Waals surface area (Å²) >= 11 is 1.38. The van der Waals surface area contributed by atoms with Gasteiger partial charge < -0.3 is 4.57 Å². The number of benzene rings is 1. The first-order chi connectivity index (χ1) is 12.1. The van der Waals surface area contributed by atoms with Gasteiger partial charge in [-0.3, -0.25) is 9.78 Å². The number of hydrogen-bond donors (Lipinski definition) is 0. The molecular formula is C19H16N4OS. The summed E-state index contributed by atoms with van der Waals surface area (Å²) in [6.07, 6.45) is 5.71. The number of nitrogens with zero attached hydrogens (tertiary/aromatic N) is 4. The van der Waals surface area contributed by atoms with Crippen molar-refractivity contribution in [3.05, 3.63) is 64.8 Å². The van der Waals surface area contributed by atoms with Gasteiger partial charge in [0, 0.05) is 41.0 Å². The molecule has 124 valence electrons. The van der Waals surface area contributed by atoms with Crippen LogP contribution in [0.1, 0.15) is 21.2 Å². The number of aryl methyl sites for hydroxylation is 2. The molecule has 3 aromatic heterocycles. The molecule has 0 saturated carbocycles. The van der Waals surface area contributed by atoms with Gasteiger partial charge in [-0.15, -0.1) is 11.3 Å². The van der Waals surface area contributed by atoms with E-state index in [9.17, 15) is 4.79 Å². The van der Waals surface area contributed by atoms with Crippen molar-refractivity contribution in [3.63, 3.8) is 0 Å². The predicted molar refractivity (Wildman–Crippen MR) is 98.8 cm³/mol. The van der Waals surface area contributed by atoms with Gasteiger partial charge in [0.2, 0.25) is 0 Å². The highest BCUT2D eigenvalue weighted by Crippen LogP contribution is 2.24. The van der Waals surface area contributed by atoms with Gasteiger partial charge in [0.15, 0.2) is 10.8 Å². The maximum Gasteiger partial charge on any atom is 0.197 e. The van der Waals surface area contributed by atoms with Gasteiger partial charge in [-0.1, -0.05) is 12.1 Å². The Hall–Kier alpha value is -2.86. The van der Waals surface area contributed by atoms with E-state index < -0.39 is 0 Å². The molecule has 0 atom stereocenters. The lowest BCUT2D eigenvalue weighted by atomic mass is 10.0. The van der Waals surface area contributed by atoms with Crippen LogP contribution in [0.4, 0.5) is 0 Å². The largest absolute Gasteiger partial charge is 0.334 e. The molecule has 0 spiro atoms. The fraction of sp³-hybridized carbons (Fsp3) is 0.158. The average Bonchev–Trinajstić information content (AvgIpc) is 3.22. The van der Waals surface area contributed by atoms with E-state index in [4.69, 9.17) is 0 Å². The summed E-state index contributed by atoms with van der Waals surface area (Å²) in [7, 11) is 1.97. The quantitative estimate of drug-likeness (QED) is 0.526. The van der Waals surface area contributed by atoms with Crippen LogP contribution in [0.15, 0.2) is 48.4 Å². The third kappa shape index (κ3) is 3.08. The summed E-state index contributed by atoms with van der Waals surface area (Å²) in [6.45, 7) is 1.89. The number of aromatic nitrogens is 4. The van der Waals surface area contributed by atoms with Crippen LogP contribution in [-0.2, 0) is 13.5 Å². The van der Waals surface area contributed by atoms with Crippen molar-refractivity contribution in [1.82, 2.24) is 19.5 Å². The molecule has 0 fully saturated rings. The van der Waals surface area contributed by atoms with Crippen LogP contribution in [0, 0.1) is 6.92 Å². The van der Waals surface area contributed by atoms with E-state index in [0.29, 0.717) is 5.01 Å². The molecule has 0 amide bonds. The second-order valence-corrected chi connectivity index (χ2v) is 6.88. The molecule has 1 aromatic carbocycles. The van der Waals surface area contributed by atoms with E-state index in [-0.39, 0.29) is 12.2 Å². The van der Waals surface area contributed by atoms with Gasteiger partial charge in [0.1, 0.15) is 0 Å². The molecular weight excluding hydrogens is 332 g/mol. The predicted octanol–water partition coefficient (Wildman–Crippen LogP) is 3.83. The zero-order chi connectivity index (χ0) is 17.4. The molecule has 4 rings (SSSR count). The Morgan fingerprint density at radius 3 is 2.80 bits per heavy atom. The van der Waals surface area contributed by atoms with Crippen molar-refractivity contribution in [3.8, 4) is 11.3 Å². The van der Waals surface area contributed by atoms with Crippen LogP contribution in [0.25, 0.3) is 22.0 Å². The fourth-order valence-corrected chi connectivity index (χ4v) is 3.54. The molecule has 5 nitrogen and oxygen atoms in total. The van der Waals surface area contributed by atoms with Crippen LogP contribution in [0.3, 0.4) is 0 Å². The number of fused-ring (bicyclic) bond motifs is 1. The third-order valence-electron chi connectivity index (χ3n) is 4.09. The van der Waals surface area contributed by atoms with Crippen LogP contribution < -0.4 is 0 Å². The number of carbonyl (C=O) groups excluding carboxylic acids is 1. The van der Waals surface area contributed by atoms with E-state index in [0.717, 1.165) is 33.4 Å². The number of rotatable bonds is 4. The van der Waals surface area contributed by atoms with Crippen molar-refractivity contribution in [1.29, 1.82) is 0 Å². The zero-order valence-corrected chi connectivity index (χ0v) is 14.7. The van der Waals surface area contributed by atoms with Crippen LogP contribution in [0.2, 0.25) is 0 Å². The minimum Gasteiger partial charge on any atom is -0.334 e. The molecule has 0 aliphatic rings. The highest BCUT2D eigenvalue weighted by molar-refractivity contribution is 7.11. The lowest BCUT2D eigenvalue weighted by Crippen LogP contribution is -2.04. The highest BCUT2D eigenvalue weighted by Gasteiger charge is 2.12. The van der Waals surface area contributed by atoms with Crippen LogP contribution >= 0.6 is 11.3 Å². The summed E-state index contributed by atoms with van der Waals surface area (Å²) < 4.78 is 1.98. The summed E-state index contributed by atoms with van der Waals surface area (Å²) in [5.41, 5.74) is 3.77. The molecule has 25 heavy (non-hydrogen) atoms. The number of thiazole rings is 1. The van der Waals surface area contributed by atoms with Crippen LogP contribution in [0.5, 0.6) is 0 Å². The van der Waals surface area contributed by atoms with Crippen molar-refractivity contribution in [2.24, 2.45) is 7.05 Å². The Bertz CT molecular complexity index is 1080. The van der Waals surface area contributed by atoms with Crippen molar-refractivity contribution >= 4 is 27.9 Å². The Morgan fingerprint density at radius 1 is 1.20 bits per heavy atom. The molecule has 4 aromatic rings. The normalized spacial score (nSPS) is 11.1. The molecule has 6 heteroatoms. The minimum atomic E-state index is 0.00717. The molecule has 3 heterocycles. The molecule has 0 radical (unpaired) electrons. The van der Waals surface area contributed by atoms with E-state index in [2.05, 4.69) is 27.1 Å². The molecule has 0 unspecified atom stereocenters. The number of ketones is 1. The summed E-state index contributed by atoms with van der Waals surface area (Å²) in [4.78, 5) is 25.2. The number of pyridine rings is 1. The van der Waals surface area contributed by atoms with Gasteiger partial charge in [-0.25, -0.2) is 9.97 Å². The minimum absolute atomic E-state index is 0.00717. The number of carbonyl (C=O) groups is 1. The van der Waals surface area contributed by atoms with Gasteiger partial charge in [-0.05, 0) is 24.4 Å². The third-order valence-corrected chi connectivity index (χ3v) is 5.09. The van der Waals surface area contributed by atoms with Gasteiger partial charge in [-0.2, -0.15) is 0 Å². The van der Waals surface area contributed by atoms with E-state index in [1.54, 1.807) is 6.33 Å². The lowest BCUT2D eigenvalue weighted by molar-refractivity contribution is 0.0991. The number of Topliss-reactive ketones (excluding diaryl/α,β-unsaturated/α-hetero) is 1. The van der Waals surface area contributed by atoms with E-state index >= 15 is 0 Å². The Morgan fingerprint density at radius 2 is 2.08 bits per heavy atom. The second kappa shape index (κ2) is 6.22. The van der Waals surface area contributed by atoms with Crippen molar-refractivity contribution < 1.29 is 4.79 Å². The highest BCUT2D eigenvalue weighted by atomic mass is 32.1.